The summed E-state index contributed by atoms with van der Waals surface area (Å²) in [6.45, 7) is 0.953. The maximum Gasteiger partial charge on any atom is 0.416 e. The minimum absolute atomic E-state index is 0.0733. The molecule has 6 nitrogen and oxygen atoms in total. The van der Waals surface area contributed by atoms with Crippen LogP contribution in [-0.4, -0.2) is 40.1 Å². The molecule has 1 atom stereocenters. The molecule has 1 unspecified atom stereocenters. The zero-order valence-corrected chi connectivity index (χ0v) is 17.5. The first-order chi connectivity index (χ1) is 15.7. The van der Waals surface area contributed by atoms with Crippen LogP contribution in [0.3, 0.4) is 0 Å². The molecule has 3 aromatic rings. The quantitative estimate of drug-likeness (QED) is 0.579. The molecule has 172 valence electrons. The zero-order valence-electron chi connectivity index (χ0n) is 17.5. The number of pyridine rings is 1. The number of primary amides is 1. The number of benzene rings is 2. The van der Waals surface area contributed by atoms with Crippen LogP contribution in [0.5, 0.6) is 11.5 Å². The van der Waals surface area contributed by atoms with Gasteiger partial charge in [0.15, 0.2) is 0 Å². The van der Waals surface area contributed by atoms with Gasteiger partial charge in [0.25, 0.3) is 5.91 Å². The van der Waals surface area contributed by atoms with Crippen molar-refractivity contribution >= 4 is 5.91 Å². The standard InChI is InChI=1S/C24H22F3N3O3/c25-24(26,27)20-9-8-19(12-16(20)13-30-11-10-17(31)14-30)33-18-6-4-15(5-7-18)21-2-1-3-22(29-21)23(28)32/h1-9,12,17,31H,10-11,13-14H2,(H2,28,32). The van der Waals surface area contributed by atoms with Gasteiger partial charge in [0.05, 0.1) is 17.4 Å². The van der Waals surface area contributed by atoms with Gasteiger partial charge in [-0.3, -0.25) is 9.69 Å². The van der Waals surface area contributed by atoms with E-state index in [1.165, 1.54) is 18.2 Å². The average molecular weight is 457 g/mol. The van der Waals surface area contributed by atoms with Crippen LogP contribution in [0.2, 0.25) is 0 Å². The number of nitrogens with zero attached hydrogens (tertiary/aromatic N) is 2. The molecule has 0 radical (unpaired) electrons. The first-order valence-electron chi connectivity index (χ1n) is 10.3. The number of carbonyl (C=O) groups excluding carboxylic acids is 1. The molecule has 1 amide bonds. The van der Waals surface area contributed by atoms with E-state index >= 15 is 0 Å². The summed E-state index contributed by atoms with van der Waals surface area (Å²) in [4.78, 5) is 17.3. The second-order valence-corrected chi connectivity index (χ2v) is 7.89. The van der Waals surface area contributed by atoms with Crippen LogP contribution < -0.4 is 10.5 Å². The molecular formula is C24H22F3N3O3. The van der Waals surface area contributed by atoms with Gasteiger partial charge in [-0.25, -0.2) is 4.98 Å². The van der Waals surface area contributed by atoms with E-state index in [0.29, 0.717) is 31.0 Å². The third-order valence-electron chi connectivity index (χ3n) is 5.41. The summed E-state index contributed by atoms with van der Waals surface area (Å²) in [5.74, 6) is 0.0878. The Morgan fingerprint density at radius 2 is 1.85 bits per heavy atom. The highest BCUT2D eigenvalue weighted by Crippen LogP contribution is 2.36. The van der Waals surface area contributed by atoms with Gasteiger partial charge in [0.1, 0.15) is 17.2 Å². The van der Waals surface area contributed by atoms with E-state index in [9.17, 15) is 23.1 Å². The number of halogens is 3. The van der Waals surface area contributed by atoms with Gasteiger partial charge in [0.2, 0.25) is 0 Å². The van der Waals surface area contributed by atoms with Crippen molar-refractivity contribution in [3.05, 3.63) is 77.5 Å². The number of amides is 1. The van der Waals surface area contributed by atoms with E-state index in [4.69, 9.17) is 10.5 Å². The van der Waals surface area contributed by atoms with Crippen molar-refractivity contribution in [2.45, 2.75) is 25.2 Å². The highest BCUT2D eigenvalue weighted by molar-refractivity contribution is 5.91. The van der Waals surface area contributed by atoms with Crippen molar-refractivity contribution in [2.75, 3.05) is 13.1 Å². The van der Waals surface area contributed by atoms with Gasteiger partial charge in [-0.2, -0.15) is 13.2 Å². The lowest BCUT2D eigenvalue weighted by Crippen LogP contribution is -2.23. The molecular weight excluding hydrogens is 435 g/mol. The summed E-state index contributed by atoms with van der Waals surface area (Å²) in [5.41, 5.74) is 6.09. The molecule has 0 spiro atoms. The molecule has 0 aliphatic carbocycles. The molecule has 1 aromatic heterocycles. The topological polar surface area (TPSA) is 88.7 Å². The Kier molecular flexibility index (Phi) is 6.35. The lowest BCUT2D eigenvalue weighted by Gasteiger charge is -2.20. The van der Waals surface area contributed by atoms with Crippen molar-refractivity contribution < 1.29 is 27.8 Å². The molecule has 0 saturated carbocycles. The zero-order chi connectivity index (χ0) is 23.6. The number of rotatable bonds is 6. The predicted molar refractivity (Wildman–Crippen MR) is 116 cm³/mol. The fraction of sp³-hybridized carbons (Fsp3) is 0.250. The summed E-state index contributed by atoms with van der Waals surface area (Å²) in [6, 6.07) is 15.4. The average Bonchev–Trinajstić information content (AvgIpc) is 3.18. The van der Waals surface area contributed by atoms with Crippen LogP contribution >= 0.6 is 0 Å². The summed E-state index contributed by atoms with van der Waals surface area (Å²) >= 11 is 0. The number of hydrogen-bond donors (Lipinski definition) is 2. The summed E-state index contributed by atoms with van der Waals surface area (Å²) in [7, 11) is 0. The van der Waals surface area contributed by atoms with E-state index in [-0.39, 0.29) is 23.6 Å². The molecule has 1 aliphatic rings. The minimum atomic E-state index is -4.49. The van der Waals surface area contributed by atoms with Gasteiger partial charge < -0.3 is 15.6 Å². The van der Waals surface area contributed by atoms with Crippen molar-refractivity contribution in [3.8, 4) is 22.8 Å². The van der Waals surface area contributed by atoms with Crippen LogP contribution in [0.15, 0.2) is 60.7 Å². The number of hydrogen-bond acceptors (Lipinski definition) is 5. The van der Waals surface area contributed by atoms with Gasteiger partial charge in [-0.05, 0) is 66.6 Å². The molecule has 3 N–H and O–H groups in total. The number of likely N-dealkylation sites (tertiary alicyclic amines) is 1. The van der Waals surface area contributed by atoms with Gasteiger partial charge in [-0.15, -0.1) is 0 Å². The normalized spacial score (nSPS) is 16.7. The lowest BCUT2D eigenvalue weighted by atomic mass is 10.1. The SMILES string of the molecule is NC(=O)c1cccc(-c2ccc(Oc3ccc(C(F)(F)F)c(CN4CCC(O)C4)c3)cc2)n1. The summed E-state index contributed by atoms with van der Waals surface area (Å²) in [5, 5.41) is 9.69. The number of carbonyl (C=O) groups is 1. The van der Waals surface area contributed by atoms with Gasteiger partial charge >= 0.3 is 6.18 Å². The molecule has 0 bridgehead atoms. The van der Waals surface area contributed by atoms with Crippen LogP contribution in [0.25, 0.3) is 11.3 Å². The first kappa shape index (κ1) is 22.8. The molecule has 1 fully saturated rings. The van der Waals surface area contributed by atoms with Crippen molar-refractivity contribution in [1.82, 2.24) is 9.88 Å². The third-order valence-corrected chi connectivity index (χ3v) is 5.41. The Labute approximate surface area is 188 Å². The predicted octanol–water partition coefficient (Wildman–Crippen LogP) is 4.23. The van der Waals surface area contributed by atoms with Crippen LogP contribution in [0.4, 0.5) is 13.2 Å². The minimum Gasteiger partial charge on any atom is -0.457 e. The Balaban J connectivity index is 1.54. The summed E-state index contributed by atoms with van der Waals surface area (Å²) in [6.07, 6.45) is -4.46. The highest BCUT2D eigenvalue weighted by atomic mass is 19.4. The van der Waals surface area contributed by atoms with Crippen LogP contribution in [0.1, 0.15) is 28.0 Å². The molecule has 9 heteroatoms. The van der Waals surface area contributed by atoms with E-state index in [0.717, 1.165) is 11.6 Å². The molecule has 1 saturated heterocycles. The van der Waals surface area contributed by atoms with Crippen molar-refractivity contribution in [1.29, 1.82) is 0 Å². The Morgan fingerprint density at radius 3 is 2.48 bits per heavy atom. The monoisotopic (exact) mass is 457 g/mol. The van der Waals surface area contributed by atoms with Crippen LogP contribution in [0, 0.1) is 0 Å². The fourth-order valence-electron chi connectivity index (χ4n) is 3.80. The Bertz CT molecular complexity index is 1150. The summed E-state index contributed by atoms with van der Waals surface area (Å²) < 4.78 is 46.3. The first-order valence-corrected chi connectivity index (χ1v) is 10.3. The second kappa shape index (κ2) is 9.21. The number of aromatic nitrogens is 1. The second-order valence-electron chi connectivity index (χ2n) is 7.89. The van der Waals surface area contributed by atoms with Gasteiger partial charge in [-0.1, -0.05) is 6.07 Å². The molecule has 4 rings (SSSR count). The number of nitrogens with two attached hydrogens (primary N) is 1. The fourth-order valence-corrected chi connectivity index (χ4v) is 3.80. The number of ether oxygens (including phenoxy) is 1. The smallest absolute Gasteiger partial charge is 0.416 e. The van der Waals surface area contributed by atoms with Crippen molar-refractivity contribution in [3.63, 3.8) is 0 Å². The van der Waals surface area contributed by atoms with E-state index in [1.807, 2.05) is 0 Å². The molecule has 2 aromatic carbocycles. The highest BCUT2D eigenvalue weighted by Gasteiger charge is 2.34. The number of alkyl halides is 3. The maximum absolute atomic E-state index is 13.5. The van der Waals surface area contributed by atoms with E-state index in [2.05, 4.69) is 4.98 Å². The van der Waals surface area contributed by atoms with E-state index < -0.39 is 23.8 Å². The number of β-amino-alcohol motifs (C(OH)–C–C–N with tert-alkyl or cyclic N) is 1. The van der Waals surface area contributed by atoms with E-state index in [1.54, 1.807) is 41.3 Å². The van der Waals surface area contributed by atoms with Crippen molar-refractivity contribution in [2.24, 2.45) is 5.73 Å². The molecule has 1 aliphatic heterocycles. The van der Waals surface area contributed by atoms with Crippen LogP contribution in [-0.2, 0) is 12.7 Å². The Hall–Kier alpha value is -3.43. The molecule has 2 heterocycles. The number of aliphatic hydroxyl groups excluding tert-OH is 1. The lowest BCUT2D eigenvalue weighted by molar-refractivity contribution is -0.138. The third kappa shape index (κ3) is 5.50. The van der Waals surface area contributed by atoms with Gasteiger partial charge in [0, 0.05) is 25.2 Å². The molecule has 33 heavy (non-hydrogen) atoms. The number of aliphatic hydroxyl groups is 1. The largest absolute Gasteiger partial charge is 0.457 e. The Morgan fingerprint density at radius 1 is 1.12 bits per heavy atom. The maximum atomic E-state index is 13.5.